The smallest absolute Gasteiger partial charge is 0.1000 e. The minimum absolute atomic E-state index is 0.0272. The number of nitrogens with zero attached hydrogens (tertiary/aromatic N) is 4. The molecule has 0 fully saturated rings. The van der Waals surface area contributed by atoms with Crippen LogP contribution in [0.3, 0.4) is 0 Å². The van der Waals surface area contributed by atoms with Crippen LogP contribution in [0.2, 0.25) is 0 Å². The number of benzene rings is 5. The van der Waals surface area contributed by atoms with Gasteiger partial charge < -0.3 is 0 Å². The van der Waals surface area contributed by atoms with Crippen LogP contribution in [-0.4, -0.2) is 42.6 Å². The molecular formula is C49H38N4S2. The molecule has 0 bridgehead atoms. The molecule has 0 saturated carbocycles. The summed E-state index contributed by atoms with van der Waals surface area (Å²) in [6.45, 7) is 8.76. The van der Waals surface area contributed by atoms with E-state index in [-0.39, 0.29) is 11.1 Å². The Morgan fingerprint density at radius 1 is 0.473 bits per heavy atom. The zero-order valence-electron chi connectivity index (χ0n) is 31.2. The van der Waals surface area contributed by atoms with Gasteiger partial charge in [-0.3, -0.25) is 20.0 Å². The van der Waals surface area contributed by atoms with E-state index in [2.05, 4.69) is 149 Å². The summed E-state index contributed by atoms with van der Waals surface area (Å²) in [5.74, 6) is 1.99. The van der Waals surface area contributed by atoms with Crippen LogP contribution >= 0.6 is 23.5 Å². The quantitative estimate of drug-likeness (QED) is 0.180. The Morgan fingerprint density at radius 2 is 0.982 bits per heavy atom. The number of thioether (sulfide) groups is 2. The van der Waals surface area contributed by atoms with Crippen molar-refractivity contribution >= 4 is 44.4 Å². The van der Waals surface area contributed by atoms with Crippen molar-refractivity contribution in [3.8, 4) is 44.8 Å². The predicted octanol–water partition coefficient (Wildman–Crippen LogP) is 11.9. The van der Waals surface area contributed by atoms with Crippen molar-refractivity contribution in [2.24, 2.45) is 9.98 Å². The van der Waals surface area contributed by atoms with E-state index in [0.717, 1.165) is 55.2 Å². The molecule has 55 heavy (non-hydrogen) atoms. The third-order valence-corrected chi connectivity index (χ3v) is 14.5. The first-order chi connectivity index (χ1) is 26.7. The molecule has 0 atom stereocenters. The highest BCUT2D eigenvalue weighted by Gasteiger charge is 2.52. The lowest BCUT2D eigenvalue weighted by Crippen LogP contribution is -2.26. The number of hydrogen-bond acceptors (Lipinski definition) is 6. The van der Waals surface area contributed by atoms with Crippen LogP contribution in [0.5, 0.6) is 0 Å². The van der Waals surface area contributed by atoms with E-state index >= 15 is 0 Å². The maximum Gasteiger partial charge on any atom is 0.1000 e. The van der Waals surface area contributed by atoms with E-state index in [1.165, 1.54) is 55.3 Å². The molecule has 0 radical (unpaired) electrons. The van der Waals surface area contributed by atoms with Crippen molar-refractivity contribution in [2.75, 3.05) is 11.5 Å². The van der Waals surface area contributed by atoms with Crippen LogP contribution in [0.25, 0.3) is 55.5 Å². The fourth-order valence-corrected chi connectivity index (χ4v) is 11.4. The molecule has 4 aliphatic rings. The monoisotopic (exact) mass is 746 g/mol. The van der Waals surface area contributed by atoms with Gasteiger partial charge in [-0.1, -0.05) is 84.9 Å². The van der Waals surface area contributed by atoms with Crippen LogP contribution in [0, 0.1) is 0 Å². The zero-order valence-corrected chi connectivity index (χ0v) is 32.9. The highest BCUT2D eigenvalue weighted by atomic mass is 32.2. The normalized spacial score (nSPS) is 17.8. The molecule has 11 rings (SSSR count). The van der Waals surface area contributed by atoms with E-state index in [1.54, 1.807) is 0 Å². The second kappa shape index (κ2) is 11.8. The van der Waals surface area contributed by atoms with Gasteiger partial charge in [0.25, 0.3) is 0 Å². The van der Waals surface area contributed by atoms with Crippen LogP contribution in [0.1, 0.15) is 61.1 Å². The Bertz CT molecular complexity index is 2770. The average Bonchev–Trinajstić information content (AvgIpc) is 3.94. The van der Waals surface area contributed by atoms with Gasteiger partial charge in [-0.25, -0.2) is 0 Å². The Hall–Kier alpha value is -5.30. The van der Waals surface area contributed by atoms with Crippen LogP contribution in [0.4, 0.5) is 0 Å². The summed E-state index contributed by atoms with van der Waals surface area (Å²) < 4.78 is 0. The summed E-state index contributed by atoms with van der Waals surface area (Å²) in [7, 11) is 0. The van der Waals surface area contributed by atoms with E-state index in [4.69, 9.17) is 20.0 Å². The first kappa shape index (κ1) is 33.1. The van der Waals surface area contributed by atoms with E-state index < -0.39 is 5.41 Å². The summed E-state index contributed by atoms with van der Waals surface area (Å²) in [4.78, 5) is 19.9. The second-order valence-electron chi connectivity index (χ2n) is 16.4. The summed E-state index contributed by atoms with van der Waals surface area (Å²) in [5, 5.41) is 4.64. The highest BCUT2D eigenvalue weighted by molar-refractivity contribution is 8.15. The SMILES string of the molecule is CC1(C)CSC(c2ccc(-c3ccc4c(c3)C3(c5ccccc5-c5ccccc53)c3c-4ccc4cc(-c5ccc(C6=NC(C)(C)CS6)cn5)ccc34)nc2)=N1. The summed E-state index contributed by atoms with van der Waals surface area (Å²) >= 11 is 3.64. The Kier molecular flexibility index (Phi) is 7.13. The lowest BCUT2D eigenvalue weighted by molar-refractivity contribution is 0.605. The summed E-state index contributed by atoms with van der Waals surface area (Å²) in [6, 6.07) is 45.3. The molecule has 7 aromatic rings. The molecule has 4 nitrogen and oxygen atoms in total. The molecule has 0 amide bonds. The molecule has 5 aromatic carbocycles. The molecule has 266 valence electrons. The number of pyridine rings is 2. The molecule has 1 spiro atoms. The van der Waals surface area contributed by atoms with Crippen LogP contribution in [-0.2, 0) is 5.41 Å². The van der Waals surface area contributed by atoms with Gasteiger partial charge in [0.05, 0.1) is 38.0 Å². The summed E-state index contributed by atoms with van der Waals surface area (Å²) in [6.07, 6.45) is 3.98. The fraction of sp³-hybridized carbons (Fsp3) is 0.184. The predicted molar refractivity (Wildman–Crippen MR) is 233 cm³/mol. The Morgan fingerprint density at radius 3 is 1.53 bits per heavy atom. The van der Waals surface area contributed by atoms with Gasteiger partial charge in [0.1, 0.15) is 0 Å². The van der Waals surface area contributed by atoms with Gasteiger partial charge >= 0.3 is 0 Å². The molecular weight excluding hydrogens is 709 g/mol. The number of aliphatic imine (C=N–C) groups is 2. The molecule has 6 heteroatoms. The van der Waals surface area contributed by atoms with E-state index in [9.17, 15) is 0 Å². The number of aromatic nitrogens is 2. The zero-order chi connectivity index (χ0) is 37.1. The van der Waals surface area contributed by atoms with Gasteiger partial charge in [0.15, 0.2) is 0 Å². The average molecular weight is 747 g/mol. The van der Waals surface area contributed by atoms with Crippen molar-refractivity contribution in [2.45, 2.75) is 44.2 Å². The fourth-order valence-electron chi connectivity index (χ4n) is 9.14. The van der Waals surface area contributed by atoms with Gasteiger partial charge in [-0.2, -0.15) is 0 Å². The standard InChI is InChI=1S/C49H38N4S2/c1-47(2)27-54-45(52-47)32-16-21-42(50-25-32)30-14-18-34-29(23-30)13-20-38-37-19-15-31(43-22-17-33(26-51-43)46-53-48(3,4)28-55-46)24-41(37)49(44(34)38)39-11-7-5-9-35(39)36-10-6-8-12-40(36)49/h5-26H,27-28H2,1-4H3. The van der Waals surface area contributed by atoms with Gasteiger partial charge in [-0.15, -0.1) is 23.5 Å². The molecule has 2 aliphatic carbocycles. The molecule has 0 N–H and O–H groups in total. The second-order valence-corrected chi connectivity index (χ2v) is 18.4. The van der Waals surface area contributed by atoms with E-state index in [0.29, 0.717) is 0 Å². The van der Waals surface area contributed by atoms with Crippen molar-refractivity contribution in [1.82, 2.24) is 9.97 Å². The molecule has 0 saturated heterocycles. The van der Waals surface area contributed by atoms with Crippen LogP contribution in [0.15, 0.2) is 144 Å². The molecule has 0 unspecified atom stereocenters. The first-order valence-corrected chi connectivity index (χ1v) is 21.0. The van der Waals surface area contributed by atoms with Crippen molar-refractivity contribution < 1.29 is 0 Å². The Balaban J connectivity index is 1.07. The van der Waals surface area contributed by atoms with Crippen molar-refractivity contribution in [3.05, 3.63) is 167 Å². The maximum atomic E-state index is 5.03. The largest absolute Gasteiger partial charge is 0.271 e. The van der Waals surface area contributed by atoms with Crippen molar-refractivity contribution in [1.29, 1.82) is 0 Å². The Labute approximate surface area is 330 Å². The topological polar surface area (TPSA) is 50.5 Å². The molecule has 4 heterocycles. The molecule has 2 aliphatic heterocycles. The number of hydrogen-bond donors (Lipinski definition) is 0. The minimum Gasteiger partial charge on any atom is -0.271 e. The third-order valence-electron chi connectivity index (χ3n) is 11.6. The number of fused-ring (bicyclic) bond motifs is 12. The lowest BCUT2D eigenvalue weighted by Gasteiger charge is -2.31. The highest BCUT2D eigenvalue weighted by Crippen LogP contribution is 2.64. The van der Waals surface area contributed by atoms with Gasteiger partial charge in [0, 0.05) is 46.2 Å². The number of rotatable bonds is 4. The van der Waals surface area contributed by atoms with E-state index in [1.807, 2.05) is 35.9 Å². The maximum absolute atomic E-state index is 5.03. The first-order valence-electron chi connectivity index (χ1n) is 19.0. The molecule has 2 aromatic heterocycles. The third kappa shape index (κ3) is 5.00. The lowest BCUT2D eigenvalue weighted by atomic mass is 9.69. The van der Waals surface area contributed by atoms with Gasteiger partial charge in [-0.05, 0) is 119 Å². The minimum atomic E-state index is -0.483. The summed E-state index contributed by atoms with van der Waals surface area (Å²) in [5.41, 5.74) is 16.3. The van der Waals surface area contributed by atoms with Crippen molar-refractivity contribution in [3.63, 3.8) is 0 Å². The van der Waals surface area contributed by atoms with Crippen LogP contribution < -0.4 is 0 Å². The van der Waals surface area contributed by atoms with Gasteiger partial charge in [0.2, 0.25) is 0 Å².